The molecule has 13 heteroatoms. The minimum atomic E-state index is -4.86. The van der Waals surface area contributed by atoms with Crippen molar-refractivity contribution in [2.45, 2.75) is 45.5 Å². The van der Waals surface area contributed by atoms with E-state index in [0.29, 0.717) is 28.8 Å². The van der Waals surface area contributed by atoms with Crippen LogP contribution in [0.15, 0.2) is 30.6 Å². The van der Waals surface area contributed by atoms with Crippen LogP contribution in [0.5, 0.6) is 0 Å². The number of nitriles is 1. The van der Waals surface area contributed by atoms with Gasteiger partial charge in [0, 0.05) is 54.0 Å². The summed E-state index contributed by atoms with van der Waals surface area (Å²) in [6, 6.07) is 6.65. The zero-order valence-corrected chi connectivity index (χ0v) is 22.7. The first-order valence-electron chi connectivity index (χ1n) is 12.0. The van der Waals surface area contributed by atoms with E-state index in [9.17, 15) is 22.8 Å². The fraction of sp³-hybridized carbons (Fsp3) is 0.500. The lowest BCUT2D eigenvalue weighted by Crippen LogP contribution is -2.34. The molecule has 1 saturated heterocycles. The molecule has 1 aliphatic heterocycles. The van der Waals surface area contributed by atoms with Gasteiger partial charge < -0.3 is 20.7 Å². The van der Waals surface area contributed by atoms with E-state index in [2.05, 4.69) is 29.9 Å². The average Bonchev–Trinajstić information content (AvgIpc) is 3.20. The third kappa shape index (κ3) is 8.03. The summed E-state index contributed by atoms with van der Waals surface area (Å²) in [7, 11) is 1.66. The summed E-state index contributed by atoms with van der Waals surface area (Å²) in [6.07, 6.45) is -0.596. The van der Waals surface area contributed by atoms with E-state index < -0.39 is 18.1 Å². The van der Waals surface area contributed by atoms with E-state index in [4.69, 9.17) is 26.4 Å². The quantitative estimate of drug-likeness (QED) is 0.508. The van der Waals surface area contributed by atoms with Crippen molar-refractivity contribution in [3.05, 3.63) is 41.2 Å². The molecule has 1 aromatic carbocycles. The maximum absolute atomic E-state index is 11.8. The summed E-state index contributed by atoms with van der Waals surface area (Å²) < 4.78 is 37.2. The topological polar surface area (TPSA) is 138 Å². The number of piperidine rings is 1. The fourth-order valence-corrected chi connectivity index (χ4v) is 4.78. The molecule has 2 fully saturated rings. The number of rotatable bonds is 6. The van der Waals surface area contributed by atoms with E-state index in [1.54, 1.807) is 25.6 Å². The van der Waals surface area contributed by atoms with E-state index in [0.717, 1.165) is 35.7 Å². The van der Waals surface area contributed by atoms with Crippen molar-refractivity contribution >= 4 is 40.6 Å². The molecule has 0 bridgehead atoms. The lowest BCUT2D eigenvalue weighted by atomic mass is 10.0. The lowest BCUT2D eigenvalue weighted by molar-refractivity contribution is -0.169. The number of amides is 3. The van der Waals surface area contributed by atoms with Crippen molar-refractivity contribution in [2.24, 2.45) is 23.0 Å². The minimum Gasteiger partial charge on any atom is -0.381 e. The van der Waals surface area contributed by atoms with Gasteiger partial charge in [0.1, 0.15) is 6.04 Å². The van der Waals surface area contributed by atoms with Gasteiger partial charge in [-0.1, -0.05) is 37.6 Å². The summed E-state index contributed by atoms with van der Waals surface area (Å²) in [4.78, 5) is 37.5. The monoisotopic (exact) mass is 569 g/mol. The molecule has 9 nitrogen and oxygen atoms in total. The first-order chi connectivity index (χ1) is 18.2. The standard InChI is InChI=1S/C12H8ClN3O.C12H21NO2.C2H2F3NO/c13-10-3-1-2-8-5-15-6-9(12(8)10)11(4-14)16-7-17;1-8(15-4)5-11(14)13-6-9-10(7-13)12(9,2)3;3-2(4,5)1(6)7/h1-3,5-7,11H,(H,16,17);8-10H,5-7H2,1-4H3;(H2,6,7)/t;8-,9?,10?;/m.1./s1. The number of methoxy groups -OCH3 is 1. The Labute approximate surface area is 229 Å². The third-order valence-electron chi connectivity index (χ3n) is 7.06. The summed E-state index contributed by atoms with van der Waals surface area (Å²) in [6.45, 7) is 8.49. The molecule has 1 aromatic heterocycles. The Morgan fingerprint density at radius 2 is 1.92 bits per heavy atom. The number of nitrogens with one attached hydrogen (secondary N) is 1. The van der Waals surface area contributed by atoms with Crippen LogP contribution in [0.4, 0.5) is 13.2 Å². The number of halogens is 4. The second-order valence-corrected chi connectivity index (χ2v) is 10.3. The van der Waals surface area contributed by atoms with Gasteiger partial charge in [-0.25, -0.2) is 0 Å². The van der Waals surface area contributed by atoms with Crippen LogP contribution in [-0.4, -0.2) is 60.6 Å². The number of hydrogen-bond donors (Lipinski definition) is 2. The fourth-order valence-electron chi connectivity index (χ4n) is 4.49. The van der Waals surface area contributed by atoms with Crippen LogP contribution < -0.4 is 11.1 Å². The van der Waals surface area contributed by atoms with Crippen molar-refractivity contribution in [3.63, 3.8) is 0 Å². The first kappa shape index (κ1) is 31.8. The van der Waals surface area contributed by atoms with Crippen LogP contribution in [0.1, 0.15) is 38.8 Å². The molecule has 212 valence electrons. The minimum absolute atomic E-state index is 0.0439. The number of aromatic nitrogens is 1. The number of hydrogen-bond acceptors (Lipinski definition) is 6. The number of carbonyl (C=O) groups excluding carboxylic acids is 3. The number of ether oxygens (including phenoxy) is 1. The SMILES string of the molecule is CO[C@H](C)CC(=O)N1CC2C(C1)C2(C)C.N#CC(NC=O)c1cncc2cccc(Cl)c12.NC(=O)C(F)(F)F. The van der Waals surface area contributed by atoms with Crippen molar-refractivity contribution in [1.82, 2.24) is 15.2 Å². The Balaban J connectivity index is 0.000000223. The van der Waals surface area contributed by atoms with E-state index in [-0.39, 0.29) is 12.0 Å². The number of nitrogens with two attached hydrogens (primary N) is 1. The highest BCUT2D eigenvalue weighted by molar-refractivity contribution is 6.35. The van der Waals surface area contributed by atoms with Crippen molar-refractivity contribution in [2.75, 3.05) is 20.2 Å². The predicted octanol–water partition coefficient (Wildman–Crippen LogP) is 3.76. The molecular weight excluding hydrogens is 539 g/mol. The number of primary amides is 1. The highest BCUT2D eigenvalue weighted by atomic mass is 35.5. The maximum atomic E-state index is 11.8. The van der Waals surface area contributed by atoms with Gasteiger partial charge in [-0.15, -0.1) is 0 Å². The highest BCUT2D eigenvalue weighted by Crippen LogP contribution is 2.61. The van der Waals surface area contributed by atoms with Gasteiger partial charge in [0.05, 0.1) is 18.6 Å². The molecule has 0 radical (unpaired) electrons. The smallest absolute Gasteiger partial charge is 0.381 e. The normalized spacial score (nSPS) is 20.1. The van der Waals surface area contributed by atoms with Gasteiger partial charge in [0.15, 0.2) is 0 Å². The van der Waals surface area contributed by atoms with Gasteiger partial charge in [-0.3, -0.25) is 19.4 Å². The van der Waals surface area contributed by atoms with Crippen LogP contribution >= 0.6 is 11.6 Å². The second kappa shape index (κ2) is 13.1. The molecule has 3 N–H and O–H groups in total. The number of fused-ring (bicyclic) bond motifs is 2. The third-order valence-corrected chi connectivity index (χ3v) is 7.37. The number of carbonyl (C=O) groups is 3. The Kier molecular flexibility index (Phi) is 10.7. The molecule has 4 rings (SSSR count). The number of likely N-dealkylation sites (tertiary alicyclic amines) is 1. The Hall–Kier alpha value is -3.43. The van der Waals surface area contributed by atoms with Gasteiger partial charge >= 0.3 is 12.1 Å². The van der Waals surface area contributed by atoms with Crippen LogP contribution in [0.2, 0.25) is 5.02 Å². The predicted molar refractivity (Wildman–Crippen MR) is 138 cm³/mol. The van der Waals surface area contributed by atoms with Gasteiger partial charge in [-0.2, -0.15) is 18.4 Å². The maximum Gasteiger partial charge on any atom is 0.470 e. The summed E-state index contributed by atoms with van der Waals surface area (Å²) in [5.41, 5.74) is 4.90. The molecule has 2 heterocycles. The molecule has 2 aliphatic rings. The Bertz CT molecular complexity index is 1220. The number of pyridine rings is 1. The molecule has 3 amide bonds. The molecule has 1 saturated carbocycles. The van der Waals surface area contributed by atoms with Crippen molar-refractivity contribution < 1.29 is 32.3 Å². The molecular formula is C26H31ClF3N5O4. The summed E-state index contributed by atoms with van der Waals surface area (Å²) in [5.74, 6) is -0.501. The van der Waals surface area contributed by atoms with Crippen LogP contribution in [0.3, 0.4) is 0 Å². The van der Waals surface area contributed by atoms with Gasteiger partial charge in [0.25, 0.3) is 0 Å². The largest absolute Gasteiger partial charge is 0.470 e. The summed E-state index contributed by atoms with van der Waals surface area (Å²) in [5, 5.41) is 13.6. The Morgan fingerprint density at radius 3 is 2.41 bits per heavy atom. The van der Waals surface area contributed by atoms with Crippen LogP contribution in [0, 0.1) is 28.6 Å². The van der Waals surface area contributed by atoms with Crippen LogP contribution in [-0.2, 0) is 19.1 Å². The lowest BCUT2D eigenvalue weighted by Gasteiger charge is -2.23. The second-order valence-electron chi connectivity index (χ2n) is 9.86. The molecule has 0 spiro atoms. The van der Waals surface area contributed by atoms with E-state index in [1.165, 1.54) is 0 Å². The van der Waals surface area contributed by atoms with Crippen molar-refractivity contribution in [1.29, 1.82) is 5.26 Å². The molecule has 39 heavy (non-hydrogen) atoms. The summed E-state index contributed by atoms with van der Waals surface area (Å²) >= 11 is 6.11. The highest BCUT2D eigenvalue weighted by Gasteiger charge is 2.62. The molecule has 3 unspecified atom stereocenters. The zero-order valence-electron chi connectivity index (χ0n) is 22.0. The van der Waals surface area contributed by atoms with Gasteiger partial charge in [0.2, 0.25) is 12.3 Å². The van der Waals surface area contributed by atoms with E-state index in [1.807, 2.05) is 30.0 Å². The molecule has 1 aliphatic carbocycles. The molecule has 4 atom stereocenters. The number of nitrogens with zero attached hydrogens (tertiary/aromatic N) is 3. The number of alkyl halides is 3. The molecule has 2 aromatic rings. The van der Waals surface area contributed by atoms with E-state index >= 15 is 0 Å². The van der Waals surface area contributed by atoms with Crippen LogP contribution in [0.25, 0.3) is 10.8 Å². The van der Waals surface area contributed by atoms with Gasteiger partial charge in [-0.05, 0) is 30.2 Å². The average molecular weight is 570 g/mol. The number of benzene rings is 1. The first-order valence-corrected chi connectivity index (χ1v) is 12.3. The zero-order chi connectivity index (χ0) is 29.5. The Morgan fingerprint density at radius 1 is 1.33 bits per heavy atom. The van der Waals surface area contributed by atoms with Crippen molar-refractivity contribution in [3.8, 4) is 6.07 Å².